The van der Waals surface area contributed by atoms with Gasteiger partial charge in [0, 0.05) is 29.9 Å². The fraction of sp³-hybridized carbons (Fsp3) is 0.212. The summed E-state index contributed by atoms with van der Waals surface area (Å²) in [5, 5.41) is 19.8. The van der Waals surface area contributed by atoms with E-state index in [0.717, 1.165) is 22.1 Å². The minimum atomic E-state index is -3.95. The number of aromatic nitrogens is 2. The highest BCUT2D eigenvalue weighted by Gasteiger charge is 2.26. The number of nitrogens with one attached hydrogen (secondary N) is 4. The number of carbonyl (C=O) groups excluding carboxylic acids is 2. The Morgan fingerprint density at radius 1 is 1.10 bits per heavy atom. The van der Waals surface area contributed by atoms with Crippen molar-refractivity contribution in [2.24, 2.45) is 0 Å². The summed E-state index contributed by atoms with van der Waals surface area (Å²) in [6, 6.07) is 11.8. The minimum Gasteiger partial charge on any atom is -0.480 e. The maximum Gasteiger partial charge on any atom is 0.317 e. The summed E-state index contributed by atoms with van der Waals surface area (Å²) in [4.78, 5) is 59.5. The Kier molecular flexibility index (Phi) is 10.2. The normalized spacial score (nSPS) is 16.2. The number of carboxylic acids is 1. The van der Waals surface area contributed by atoms with Crippen molar-refractivity contribution in [3.63, 3.8) is 0 Å². The second-order valence-corrected chi connectivity index (χ2v) is 13.8. The third-order valence-corrected chi connectivity index (χ3v) is 9.89. The number of aryl methyl sites for hydroxylation is 2. The average Bonchev–Trinajstić information content (AvgIpc) is 3.02. The van der Waals surface area contributed by atoms with Crippen molar-refractivity contribution in [3.8, 4) is 0 Å². The van der Waals surface area contributed by atoms with E-state index in [0.29, 0.717) is 30.4 Å². The molecule has 4 bridgehead atoms. The predicted molar refractivity (Wildman–Crippen MR) is 185 cm³/mol. The molecule has 4 aromatic rings. The van der Waals surface area contributed by atoms with Crippen LogP contribution in [0.25, 0.3) is 10.9 Å². The number of hydrogen-bond acceptors (Lipinski definition) is 9. The van der Waals surface area contributed by atoms with Crippen LogP contribution in [-0.2, 0) is 37.3 Å². The van der Waals surface area contributed by atoms with Gasteiger partial charge in [0.1, 0.15) is 6.04 Å². The van der Waals surface area contributed by atoms with Gasteiger partial charge in [-0.25, -0.2) is 13.4 Å². The van der Waals surface area contributed by atoms with Gasteiger partial charge in [-0.2, -0.15) is 0 Å². The fourth-order valence-electron chi connectivity index (χ4n) is 5.61. The maximum atomic E-state index is 14.0. The number of amides is 2. The van der Waals surface area contributed by atoms with E-state index in [2.05, 4.69) is 32.2 Å². The SMILES string of the molecule is C=P/C=C/S(=O)(=O)c1ccc2cc1CNC(=O)C(Nc1ccc3nc[nH]c(=O)c3c1)c1cc(C)c(c(C)c1)CN(CC(=O)O)CC(=O)N2. The number of aromatic amines is 1. The molecule has 0 fully saturated rings. The topological polar surface area (TPSA) is 191 Å². The lowest BCUT2D eigenvalue weighted by molar-refractivity contribution is -0.138. The Morgan fingerprint density at radius 3 is 2.56 bits per heavy atom. The summed E-state index contributed by atoms with van der Waals surface area (Å²) in [7, 11) is -3.46. The summed E-state index contributed by atoms with van der Waals surface area (Å²) in [5.41, 5.74) is 3.98. The molecule has 2 amide bonds. The van der Waals surface area contributed by atoms with Gasteiger partial charge in [-0.3, -0.25) is 24.1 Å². The summed E-state index contributed by atoms with van der Waals surface area (Å²) in [5.74, 6) is -0.723. The number of hydrogen-bond donors (Lipinski definition) is 5. The van der Waals surface area contributed by atoms with Crippen LogP contribution in [0.4, 0.5) is 11.4 Å². The third-order valence-electron chi connectivity index (χ3n) is 7.82. The van der Waals surface area contributed by atoms with Crippen LogP contribution in [-0.4, -0.2) is 65.6 Å². The fourth-order valence-corrected chi connectivity index (χ4v) is 7.49. The first-order chi connectivity index (χ1) is 22.8. The number of sulfone groups is 1. The molecule has 248 valence electrons. The molecule has 0 aliphatic carbocycles. The van der Waals surface area contributed by atoms with Gasteiger partial charge in [-0.1, -0.05) is 26.6 Å². The number of fused-ring (bicyclic) bond motifs is 10. The number of aliphatic carboxylic acids is 1. The first kappa shape index (κ1) is 34.2. The standard InChI is InChI=1S/C33H33N6O7PS/c1-19-10-21-11-20(2)26(19)15-39(17-30(41)42)16-29(40)37-23-5-7-28(48(45,46)9-8-47-3)22(12-23)14-34-33(44)31(21)38-24-4-6-27-25(13-24)32(43)36-18-35-27/h4-13,18,31,38H,3,14-17H2,1-2H3,(H,34,44)(H,37,40)(H,41,42)(H,35,36,43)/b9-8+. The van der Waals surface area contributed by atoms with E-state index in [4.69, 9.17) is 0 Å². The van der Waals surface area contributed by atoms with Crippen LogP contribution < -0.4 is 21.5 Å². The molecule has 0 saturated carbocycles. The Bertz CT molecular complexity index is 2120. The second kappa shape index (κ2) is 14.3. The van der Waals surface area contributed by atoms with Gasteiger partial charge in [0.2, 0.25) is 21.7 Å². The summed E-state index contributed by atoms with van der Waals surface area (Å²) < 4.78 is 26.4. The molecule has 3 aromatic carbocycles. The van der Waals surface area contributed by atoms with Crippen molar-refractivity contribution in [3.05, 3.63) is 104 Å². The largest absolute Gasteiger partial charge is 0.480 e. The van der Waals surface area contributed by atoms with Gasteiger partial charge in [0.15, 0.2) is 0 Å². The minimum absolute atomic E-state index is 0.0730. The molecule has 5 N–H and O–H groups in total. The quantitative estimate of drug-likeness (QED) is 0.180. The molecule has 48 heavy (non-hydrogen) atoms. The van der Waals surface area contributed by atoms with Gasteiger partial charge in [-0.15, -0.1) is 0 Å². The van der Waals surface area contributed by atoms with Crippen molar-refractivity contribution < 1.29 is 27.9 Å². The van der Waals surface area contributed by atoms with Crippen molar-refractivity contribution >= 4 is 64.4 Å². The molecule has 1 unspecified atom stereocenters. The smallest absolute Gasteiger partial charge is 0.317 e. The maximum absolute atomic E-state index is 14.0. The average molecular weight is 689 g/mol. The zero-order valence-corrected chi connectivity index (χ0v) is 27.8. The van der Waals surface area contributed by atoms with Gasteiger partial charge in [0.05, 0.1) is 35.2 Å². The molecule has 6 rings (SSSR count). The van der Waals surface area contributed by atoms with E-state index < -0.39 is 40.2 Å². The van der Waals surface area contributed by atoms with Crippen molar-refractivity contribution in [2.45, 2.75) is 37.9 Å². The number of carbonyl (C=O) groups is 3. The van der Waals surface area contributed by atoms with Gasteiger partial charge in [0.25, 0.3) is 5.56 Å². The number of H-pyrrole nitrogens is 1. The Labute approximate surface area is 277 Å². The monoisotopic (exact) mass is 688 g/mol. The molecular formula is C33H33N6O7PS. The van der Waals surface area contributed by atoms with Crippen molar-refractivity contribution in [1.29, 1.82) is 0 Å². The van der Waals surface area contributed by atoms with E-state index in [1.165, 1.54) is 35.2 Å². The molecule has 0 saturated heterocycles. The van der Waals surface area contributed by atoms with Crippen LogP contribution in [0, 0.1) is 13.8 Å². The number of rotatable bonds is 7. The zero-order valence-electron chi connectivity index (χ0n) is 26.1. The summed E-state index contributed by atoms with van der Waals surface area (Å²) in [6.07, 6.45) is 4.93. The van der Waals surface area contributed by atoms with Crippen molar-refractivity contribution in [1.82, 2.24) is 20.2 Å². The lowest BCUT2D eigenvalue weighted by atomic mass is 9.94. The molecular weight excluding hydrogens is 655 g/mol. The molecule has 3 heterocycles. The number of benzene rings is 3. The van der Waals surface area contributed by atoms with E-state index in [-0.39, 0.29) is 41.3 Å². The number of nitrogens with zero attached hydrogens (tertiary/aromatic N) is 2. The van der Waals surface area contributed by atoms with Crippen LogP contribution in [0.1, 0.15) is 33.9 Å². The lowest BCUT2D eigenvalue weighted by Crippen LogP contribution is -2.37. The molecule has 13 nitrogen and oxygen atoms in total. The lowest BCUT2D eigenvalue weighted by Gasteiger charge is -2.26. The molecule has 0 spiro atoms. The van der Waals surface area contributed by atoms with E-state index in [1.54, 1.807) is 30.3 Å². The molecule has 2 aliphatic heterocycles. The van der Waals surface area contributed by atoms with Crippen LogP contribution >= 0.6 is 8.20 Å². The Morgan fingerprint density at radius 2 is 1.85 bits per heavy atom. The van der Waals surface area contributed by atoms with E-state index in [9.17, 15) is 32.7 Å². The molecule has 2 aliphatic rings. The van der Waals surface area contributed by atoms with Crippen LogP contribution in [0.5, 0.6) is 0 Å². The highest BCUT2D eigenvalue weighted by Crippen LogP contribution is 2.28. The summed E-state index contributed by atoms with van der Waals surface area (Å²) >= 11 is 0. The molecule has 1 aromatic heterocycles. The van der Waals surface area contributed by atoms with Crippen LogP contribution in [0.2, 0.25) is 0 Å². The Balaban J connectivity index is 1.63. The van der Waals surface area contributed by atoms with Crippen LogP contribution in [0.3, 0.4) is 0 Å². The third kappa shape index (κ3) is 7.85. The number of anilines is 2. The van der Waals surface area contributed by atoms with Gasteiger partial charge in [-0.05, 0) is 83.9 Å². The molecule has 15 heteroatoms. The highest BCUT2D eigenvalue weighted by molar-refractivity contribution is 7.94. The summed E-state index contributed by atoms with van der Waals surface area (Å²) in [6.45, 7) is 2.95. The Hall–Kier alpha value is -5.17. The van der Waals surface area contributed by atoms with Gasteiger partial charge >= 0.3 is 5.97 Å². The highest BCUT2D eigenvalue weighted by atomic mass is 32.2. The predicted octanol–water partition coefficient (Wildman–Crippen LogP) is 3.47. The zero-order chi connectivity index (χ0) is 34.6. The number of carboxylic acid groups (broad SMARTS) is 1. The van der Waals surface area contributed by atoms with Crippen molar-refractivity contribution in [2.75, 3.05) is 23.7 Å². The van der Waals surface area contributed by atoms with E-state index in [1.807, 2.05) is 13.8 Å². The first-order valence-corrected chi connectivity index (χ1v) is 17.4. The van der Waals surface area contributed by atoms with Crippen LogP contribution in [0.15, 0.2) is 75.8 Å². The first-order valence-electron chi connectivity index (χ1n) is 14.7. The second-order valence-electron chi connectivity index (χ2n) is 11.3. The van der Waals surface area contributed by atoms with E-state index >= 15 is 0 Å². The molecule has 1 atom stereocenters. The molecule has 0 radical (unpaired) electrons. The van der Waals surface area contributed by atoms with Gasteiger partial charge < -0.3 is 26.0 Å².